The molecule has 2 aliphatic rings. The number of rotatable bonds is 4. The normalized spacial score (nSPS) is 25.8. The fourth-order valence-electron chi connectivity index (χ4n) is 2.75. The Morgan fingerprint density at radius 3 is 1.83 bits per heavy atom. The Kier molecular flexibility index (Phi) is 12.6. The van der Waals surface area contributed by atoms with Crippen molar-refractivity contribution in [3.05, 3.63) is 34.6 Å². The summed E-state index contributed by atoms with van der Waals surface area (Å²) >= 11 is 0. The van der Waals surface area contributed by atoms with Gasteiger partial charge in [-0.15, -0.1) is 5.70 Å². The zero-order chi connectivity index (χ0) is 21.1. The van der Waals surface area contributed by atoms with Gasteiger partial charge in [0.1, 0.15) is 0 Å². The van der Waals surface area contributed by atoms with Crippen molar-refractivity contribution in [1.82, 2.24) is 0 Å². The standard InChI is InChI=1S/C9H18N5.C9H14N5.Co/c2*1-6(13-10)8-4-3-5-9(12-8)7(2)14-11;/h8-9H,3-5,10-11H2,1-2H3;3-5,8H,10-11H2,1-2H3;/q2*-1;+2. The number of hydrogen-bond acceptors (Lipinski definition) is 8. The van der Waals surface area contributed by atoms with Crippen molar-refractivity contribution in [2.75, 3.05) is 0 Å². The number of allylic oxidation sites excluding steroid dienone is 3. The van der Waals surface area contributed by atoms with E-state index in [0.717, 1.165) is 42.1 Å². The summed E-state index contributed by atoms with van der Waals surface area (Å²) in [5, 5.41) is 23.5. The number of nitrogens with zero attached hydrogens (tertiary/aromatic N) is 6. The molecule has 3 unspecified atom stereocenters. The first-order valence-electron chi connectivity index (χ1n) is 9.15. The van der Waals surface area contributed by atoms with E-state index < -0.39 is 0 Å². The average molecular weight is 447 g/mol. The van der Waals surface area contributed by atoms with Gasteiger partial charge < -0.3 is 34.0 Å². The van der Waals surface area contributed by atoms with E-state index in [4.69, 9.17) is 23.4 Å². The van der Waals surface area contributed by atoms with E-state index in [1.165, 1.54) is 0 Å². The second kappa shape index (κ2) is 13.7. The molecule has 0 spiro atoms. The van der Waals surface area contributed by atoms with Gasteiger partial charge in [0.15, 0.2) is 0 Å². The largest absolute Gasteiger partial charge is 2.00 e. The van der Waals surface area contributed by atoms with Crippen LogP contribution in [-0.4, -0.2) is 41.0 Å². The molecule has 3 atom stereocenters. The molecule has 0 aromatic heterocycles. The molecule has 0 saturated carbocycles. The van der Waals surface area contributed by atoms with Crippen LogP contribution in [0.2, 0.25) is 0 Å². The Labute approximate surface area is 183 Å². The molecule has 11 heteroatoms. The molecule has 1 fully saturated rings. The van der Waals surface area contributed by atoms with Gasteiger partial charge in [-0.25, -0.2) is 0 Å². The van der Waals surface area contributed by atoms with Gasteiger partial charge in [-0.2, -0.15) is 20.4 Å². The van der Waals surface area contributed by atoms with Crippen molar-refractivity contribution in [2.24, 2.45) is 43.8 Å². The summed E-state index contributed by atoms with van der Waals surface area (Å²) in [5.41, 5.74) is 4.00. The molecular weight excluding hydrogens is 415 g/mol. The number of hydrogen-bond donors (Lipinski definition) is 4. The van der Waals surface area contributed by atoms with Crippen LogP contribution >= 0.6 is 0 Å². The minimum atomic E-state index is -0.100. The average Bonchev–Trinajstić information content (AvgIpc) is 2.77. The van der Waals surface area contributed by atoms with E-state index in [9.17, 15) is 0 Å². The first kappa shape index (κ1) is 26.6. The van der Waals surface area contributed by atoms with Crippen LogP contribution in [0.3, 0.4) is 0 Å². The van der Waals surface area contributed by atoms with Crippen molar-refractivity contribution in [2.45, 2.75) is 65.1 Å². The molecule has 0 bridgehead atoms. The summed E-state index contributed by atoms with van der Waals surface area (Å²) in [7, 11) is 0. The molecule has 2 aliphatic heterocycles. The Morgan fingerprint density at radius 2 is 1.38 bits per heavy atom. The van der Waals surface area contributed by atoms with Gasteiger partial charge in [0.25, 0.3) is 0 Å². The summed E-state index contributed by atoms with van der Waals surface area (Å²) in [6, 6.07) is 0.197. The van der Waals surface area contributed by atoms with Gasteiger partial charge in [0.2, 0.25) is 0 Å². The van der Waals surface area contributed by atoms with Crippen LogP contribution in [-0.2, 0) is 16.8 Å². The molecule has 163 valence electrons. The molecule has 2 heterocycles. The van der Waals surface area contributed by atoms with Crippen molar-refractivity contribution in [3.8, 4) is 0 Å². The van der Waals surface area contributed by atoms with Gasteiger partial charge in [-0.1, -0.05) is 55.6 Å². The molecular formula is C18H32CoN10. The summed E-state index contributed by atoms with van der Waals surface area (Å²) < 4.78 is 0. The number of nitrogens with two attached hydrogens (primary N) is 4. The van der Waals surface area contributed by atoms with Crippen LogP contribution in [0.1, 0.15) is 47.0 Å². The number of hydrazone groups is 4. The van der Waals surface area contributed by atoms with Gasteiger partial charge in [-0.3, -0.25) is 0 Å². The summed E-state index contributed by atoms with van der Waals surface area (Å²) in [6.45, 7) is 7.45. The monoisotopic (exact) mass is 447 g/mol. The third-order valence-electron chi connectivity index (χ3n) is 4.71. The van der Waals surface area contributed by atoms with Crippen LogP contribution in [0.25, 0.3) is 10.6 Å². The number of piperidine rings is 1. The van der Waals surface area contributed by atoms with Gasteiger partial charge in [-0.05, 0) is 27.7 Å². The van der Waals surface area contributed by atoms with E-state index >= 15 is 0 Å². The third-order valence-corrected chi connectivity index (χ3v) is 4.71. The molecule has 1 saturated heterocycles. The molecule has 29 heavy (non-hydrogen) atoms. The van der Waals surface area contributed by atoms with Crippen LogP contribution in [0.5, 0.6) is 0 Å². The van der Waals surface area contributed by atoms with E-state index in [2.05, 4.69) is 31.0 Å². The minimum Gasteiger partial charge on any atom is -0.672 e. The summed E-state index contributed by atoms with van der Waals surface area (Å²) in [6.07, 6.45) is 8.85. The molecule has 0 aliphatic carbocycles. The minimum absolute atomic E-state index is 0. The smallest absolute Gasteiger partial charge is 0.672 e. The molecule has 0 amide bonds. The zero-order valence-electron chi connectivity index (χ0n) is 17.4. The van der Waals surface area contributed by atoms with Crippen LogP contribution in [0.15, 0.2) is 44.3 Å². The first-order chi connectivity index (χ1) is 13.4. The van der Waals surface area contributed by atoms with Crippen LogP contribution < -0.4 is 23.4 Å². The predicted molar refractivity (Wildman–Crippen MR) is 118 cm³/mol. The van der Waals surface area contributed by atoms with Crippen molar-refractivity contribution < 1.29 is 16.8 Å². The topological polar surface area (TPSA) is 182 Å². The van der Waals surface area contributed by atoms with Gasteiger partial charge in [0, 0.05) is 22.8 Å². The predicted octanol–water partition coefficient (Wildman–Crippen LogP) is 1.80. The Bertz CT molecular complexity index is 669. The second-order valence-electron chi connectivity index (χ2n) is 6.65. The molecule has 2 rings (SSSR count). The Morgan fingerprint density at radius 1 is 0.862 bits per heavy atom. The molecule has 8 N–H and O–H groups in total. The van der Waals surface area contributed by atoms with Gasteiger partial charge >= 0.3 is 16.8 Å². The van der Waals surface area contributed by atoms with Crippen molar-refractivity contribution in [3.63, 3.8) is 0 Å². The van der Waals surface area contributed by atoms with Crippen LogP contribution in [0, 0.1) is 0 Å². The molecule has 10 nitrogen and oxygen atoms in total. The van der Waals surface area contributed by atoms with E-state index in [1.54, 1.807) is 6.92 Å². The maximum Gasteiger partial charge on any atom is 2.00 e. The van der Waals surface area contributed by atoms with E-state index in [-0.39, 0.29) is 34.9 Å². The van der Waals surface area contributed by atoms with Crippen LogP contribution in [0.4, 0.5) is 0 Å². The summed E-state index contributed by atoms with van der Waals surface area (Å²) in [5.74, 6) is 20.8. The zero-order valence-corrected chi connectivity index (χ0v) is 18.5. The third kappa shape index (κ3) is 8.26. The van der Waals surface area contributed by atoms with Gasteiger partial charge in [0.05, 0.1) is 0 Å². The van der Waals surface area contributed by atoms with E-state index in [1.807, 2.05) is 39.0 Å². The summed E-state index contributed by atoms with van der Waals surface area (Å²) in [4.78, 5) is 0. The maximum atomic E-state index is 5.23. The Balaban J connectivity index is 0.000000523. The van der Waals surface area contributed by atoms with Crippen molar-refractivity contribution >= 4 is 22.8 Å². The maximum absolute atomic E-state index is 5.23. The quantitative estimate of drug-likeness (QED) is 0.291. The van der Waals surface area contributed by atoms with E-state index in [0.29, 0.717) is 5.71 Å². The Hall–Kier alpha value is -2.37. The second-order valence-corrected chi connectivity index (χ2v) is 6.65. The SMILES string of the molecule is CC(=NN)C1=CC=CC(C(C)=NN)[N-]1.CC(=NN)C1CCCC(C(C)=NN)[N-]1.[Co+2]. The molecule has 0 aromatic carbocycles. The molecule has 0 aromatic rings. The van der Waals surface area contributed by atoms with Crippen molar-refractivity contribution in [1.29, 1.82) is 0 Å². The fraction of sp³-hybridized carbons (Fsp3) is 0.556. The fourth-order valence-corrected chi connectivity index (χ4v) is 2.75. The first-order valence-corrected chi connectivity index (χ1v) is 9.15. The molecule has 1 radical (unpaired) electrons.